The van der Waals surface area contributed by atoms with Crippen LogP contribution in [0.1, 0.15) is 52.7 Å². The number of hydrogen-bond donors (Lipinski definition) is 2. The highest BCUT2D eigenvalue weighted by atomic mass is 19.4. The minimum absolute atomic E-state index is 0.0133. The summed E-state index contributed by atoms with van der Waals surface area (Å²) in [7, 11) is 3.86. The van der Waals surface area contributed by atoms with Crippen molar-refractivity contribution in [2.24, 2.45) is 12.5 Å². The number of benzene rings is 2. The number of aryl methyl sites for hydroxylation is 1. The van der Waals surface area contributed by atoms with Gasteiger partial charge in [-0.1, -0.05) is 42.8 Å². The highest BCUT2D eigenvalue weighted by Crippen LogP contribution is 2.59. The number of pyridine rings is 1. The summed E-state index contributed by atoms with van der Waals surface area (Å²) in [5.74, 6) is -0.0650. The normalized spacial score (nSPS) is 22.9. The van der Waals surface area contributed by atoms with Gasteiger partial charge in [0.15, 0.2) is 0 Å². The number of ether oxygens (including phenoxy) is 1. The van der Waals surface area contributed by atoms with E-state index in [4.69, 9.17) is 10.5 Å². The molecule has 3 N–H and O–H groups in total. The average Bonchev–Trinajstić information content (AvgIpc) is 3.36. The largest absolute Gasteiger partial charge is 0.416 e. The first-order valence-electron chi connectivity index (χ1n) is 16.9. The Hall–Kier alpha value is -4.26. The number of nitrogen functional groups attached to an aromatic ring is 1. The molecule has 12 heteroatoms. The summed E-state index contributed by atoms with van der Waals surface area (Å²) < 4.78 is 50.4. The number of amides is 1. The summed E-state index contributed by atoms with van der Waals surface area (Å²) in [5, 5.41) is 7.43. The van der Waals surface area contributed by atoms with E-state index in [1.807, 2.05) is 44.6 Å². The van der Waals surface area contributed by atoms with Crippen molar-refractivity contribution in [2.45, 2.75) is 57.2 Å². The van der Waals surface area contributed by atoms with Crippen LogP contribution in [0.4, 0.5) is 19.0 Å². The number of likely N-dealkylation sites (N-methyl/N-ethyl adjacent to an activating group) is 1. The summed E-state index contributed by atoms with van der Waals surface area (Å²) in [6.07, 6.45) is 4.49. The van der Waals surface area contributed by atoms with E-state index in [1.165, 1.54) is 6.07 Å². The maximum absolute atomic E-state index is 14.1. The fourth-order valence-corrected chi connectivity index (χ4v) is 7.47. The number of hydrogen-bond acceptors (Lipinski definition) is 7. The van der Waals surface area contributed by atoms with Gasteiger partial charge in [0.2, 0.25) is 0 Å². The van der Waals surface area contributed by atoms with Crippen LogP contribution in [0.5, 0.6) is 0 Å². The molecule has 2 aromatic heterocycles. The molecule has 1 saturated heterocycles. The van der Waals surface area contributed by atoms with Gasteiger partial charge < -0.3 is 20.7 Å². The molecule has 1 spiro atoms. The zero-order valence-corrected chi connectivity index (χ0v) is 27.8. The SMILES string of the molecule is CN1CCN(Cc2ccc(-c3ccc(COC4CC45CCCC5NC(=O)c4cc(-c5cnn(C)c5)cnc4N)cc3)cc2C(F)(F)F)CC1. The van der Waals surface area contributed by atoms with Crippen molar-refractivity contribution >= 4 is 11.7 Å². The molecule has 3 aliphatic rings. The third-order valence-corrected chi connectivity index (χ3v) is 10.5. The molecule has 1 amide bonds. The molecule has 1 aliphatic heterocycles. The molecule has 2 saturated carbocycles. The molecule has 2 aliphatic carbocycles. The van der Waals surface area contributed by atoms with Crippen LogP contribution in [0.15, 0.2) is 67.1 Å². The first-order valence-corrected chi connectivity index (χ1v) is 16.9. The number of carbonyl (C=O) groups is 1. The highest BCUT2D eigenvalue weighted by Gasteiger charge is 2.62. The predicted molar refractivity (Wildman–Crippen MR) is 181 cm³/mol. The second-order valence-corrected chi connectivity index (χ2v) is 13.9. The summed E-state index contributed by atoms with van der Waals surface area (Å²) in [4.78, 5) is 21.9. The minimum atomic E-state index is -4.43. The van der Waals surface area contributed by atoms with E-state index in [-0.39, 0.29) is 35.8 Å². The monoisotopic (exact) mass is 673 g/mol. The third-order valence-electron chi connectivity index (χ3n) is 10.5. The Morgan fingerprint density at radius 3 is 2.47 bits per heavy atom. The van der Waals surface area contributed by atoms with Crippen molar-refractivity contribution in [3.63, 3.8) is 0 Å². The highest BCUT2D eigenvalue weighted by molar-refractivity contribution is 5.99. The zero-order valence-electron chi connectivity index (χ0n) is 27.8. The van der Waals surface area contributed by atoms with E-state index < -0.39 is 11.7 Å². The number of nitrogens with one attached hydrogen (secondary N) is 1. The van der Waals surface area contributed by atoms with E-state index >= 15 is 0 Å². The van der Waals surface area contributed by atoms with Crippen LogP contribution in [-0.4, -0.2) is 75.8 Å². The van der Waals surface area contributed by atoms with Gasteiger partial charge >= 0.3 is 6.18 Å². The number of piperazine rings is 1. The lowest BCUT2D eigenvalue weighted by Gasteiger charge is -2.33. The lowest BCUT2D eigenvalue weighted by atomic mass is 9.97. The molecular weight excluding hydrogens is 631 g/mol. The van der Waals surface area contributed by atoms with Crippen molar-refractivity contribution in [3.05, 3.63) is 89.4 Å². The molecule has 3 heterocycles. The Kier molecular flexibility index (Phi) is 8.97. The summed E-state index contributed by atoms with van der Waals surface area (Å²) in [6.45, 7) is 3.89. The van der Waals surface area contributed by atoms with Crippen molar-refractivity contribution < 1.29 is 22.7 Å². The quantitative estimate of drug-likeness (QED) is 0.233. The molecule has 2 aromatic carbocycles. The first kappa shape index (κ1) is 33.2. The molecule has 3 unspecified atom stereocenters. The first-order chi connectivity index (χ1) is 23.5. The van der Waals surface area contributed by atoms with Gasteiger partial charge in [0.25, 0.3) is 5.91 Å². The molecule has 258 valence electrons. The van der Waals surface area contributed by atoms with Crippen LogP contribution in [-0.2, 0) is 31.1 Å². The van der Waals surface area contributed by atoms with Crippen LogP contribution >= 0.6 is 0 Å². The van der Waals surface area contributed by atoms with E-state index in [0.717, 1.165) is 74.1 Å². The standard InChI is InChI=1S/C37H42F3N7O2/c1-45-12-14-47(15-13-45)22-27-10-9-26(17-31(27)37(38,39)40)25-7-5-24(6-8-25)23-49-33-18-36(33)11-3-4-32(36)44-35(48)30-16-28(19-42-34(30)41)29-20-43-46(2)21-29/h5-10,16-17,19-21,32-33H,3-4,11-15,18,22-23H2,1-2H3,(H2,41,42)(H,44,48). The number of nitrogens with zero attached hydrogens (tertiary/aromatic N) is 5. The Balaban J connectivity index is 0.969. The average molecular weight is 674 g/mol. The number of carbonyl (C=O) groups excluding carboxylic acids is 1. The Morgan fingerprint density at radius 1 is 1.00 bits per heavy atom. The smallest absolute Gasteiger partial charge is 0.383 e. The van der Waals surface area contributed by atoms with Crippen molar-refractivity contribution in [1.29, 1.82) is 0 Å². The molecule has 9 nitrogen and oxygen atoms in total. The molecule has 3 fully saturated rings. The van der Waals surface area contributed by atoms with Gasteiger partial charge in [-0.15, -0.1) is 0 Å². The molecular formula is C37H42F3N7O2. The number of aromatic nitrogens is 3. The lowest BCUT2D eigenvalue weighted by molar-refractivity contribution is -0.138. The van der Waals surface area contributed by atoms with Crippen LogP contribution in [0.25, 0.3) is 22.3 Å². The maximum atomic E-state index is 14.1. The Labute approximate surface area is 284 Å². The topological polar surface area (TPSA) is 102 Å². The third kappa shape index (κ3) is 7.08. The number of nitrogens with two attached hydrogens (primary N) is 1. The molecule has 0 radical (unpaired) electrons. The Morgan fingerprint density at radius 2 is 1.76 bits per heavy atom. The van der Waals surface area contributed by atoms with Gasteiger partial charge in [0, 0.05) is 74.7 Å². The molecule has 7 rings (SSSR count). The number of rotatable bonds is 9. The van der Waals surface area contributed by atoms with E-state index in [9.17, 15) is 18.0 Å². The van der Waals surface area contributed by atoms with Crippen LogP contribution in [0.2, 0.25) is 0 Å². The molecule has 0 bridgehead atoms. The number of anilines is 1. The van der Waals surface area contributed by atoms with Crippen LogP contribution in [0.3, 0.4) is 0 Å². The van der Waals surface area contributed by atoms with E-state index in [0.29, 0.717) is 23.3 Å². The summed E-state index contributed by atoms with van der Waals surface area (Å²) >= 11 is 0. The Bertz CT molecular complexity index is 1820. The van der Waals surface area contributed by atoms with Gasteiger partial charge in [-0.05, 0) is 60.7 Å². The van der Waals surface area contributed by atoms with E-state index in [1.54, 1.807) is 35.3 Å². The second kappa shape index (κ2) is 13.2. The van der Waals surface area contributed by atoms with Gasteiger partial charge in [-0.25, -0.2) is 4.98 Å². The van der Waals surface area contributed by atoms with Crippen molar-refractivity contribution in [3.8, 4) is 22.3 Å². The molecule has 4 aromatic rings. The van der Waals surface area contributed by atoms with Crippen LogP contribution < -0.4 is 11.1 Å². The fourth-order valence-electron chi connectivity index (χ4n) is 7.47. The van der Waals surface area contributed by atoms with Gasteiger partial charge in [0.1, 0.15) is 5.82 Å². The van der Waals surface area contributed by atoms with Gasteiger partial charge in [-0.2, -0.15) is 18.3 Å². The van der Waals surface area contributed by atoms with Gasteiger partial charge in [0.05, 0.1) is 30.0 Å². The van der Waals surface area contributed by atoms with Crippen LogP contribution in [0, 0.1) is 5.41 Å². The summed E-state index contributed by atoms with van der Waals surface area (Å²) in [5.41, 5.74) is 9.91. The predicted octanol–water partition coefficient (Wildman–Crippen LogP) is 5.76. The fraction of sp³-hybridized carbons (Fsp3) is 0.432. The lowest BCUT2D eigenvalue weighted by Crippen LogP contribution is -2.44. The maximum Gasteiger partial charge on any atom is 0.416 e. The second-order valence-electron chi connectivity index (χ2n) is 13.9. The van der Waals surface area contributed by atoms with Gasteiger partial charge in [-0.3, -0.25) is 14.4 Å². The van der Waals surface area contributed by atoms with Crippen molar-refractivity contribution in [2.75, 3.05) is 39.0 Å². The minimum Gasteiger partial charge on any atom is -0.383 e. The molecule has 3 atom stereocenters. The molecule has 49 heavy (non-hydrogen) atoms. The van der Waals surface area contributed by atoms with E-state index in [2.05, 4.69) is 25.2 Å². The number of halogens is 3. The summed E-state index contributed by atoms with van der Waals surface area (Å²) in [6, 6.07) is 13.9. The number of alkyl halides is 3. The zero-order chi connectivity index (χ0) is 34.3. The van der Waals surface area contributed by atoms with Crippen molar-refractivity contribution in [1.82, 2.24) is 29.9 Å².